The zero-order valence-corrected chi connectivity index (χ0v) is 10.1. The van der Waals surface area contributed by atoms with Crippen LogP contribution in [0.2, 0.25) is 0 Å². The Hall–Kier alpha value is -1.22. The molecule has 1 atom stereocenters. The average Bonchev–Trinajstić information content (AvgIpc) is 2.71. The summed E-state index contributed by atoms with van der Waals surface area (Å²) in [6.07, 6.45) is 1.51. The Morgan fingerprint density at radius 3 is 3.00 bits per heavy atom. The molecule has 1 heterocycles. The van der Waals surface area contributed by atoms with Gasteiger partial charge < -0.3 is 15.4 Å². The van der Waals surface area contributed by atoms with Gasteiger partial charge in [-0.3, -0.25) is 0 Å². The molecule has 2 rings (SSSR count). The van der Waals surface area contributed by atoms with Gasteiger partial charge in [-0.2, -0.15) is 0 Å². The minimum Gasteiger partial charge on any atom is -0.399 e. The van der Waals surface area contributed by atoms with Gasteiger partial charge in [-0.05, 0) is 44.0 Å². The minimum absolute atomic E-state index is 0.392. The van der Waals surface area contributed by atoms with Gasteiger partial charge in [-0.1, -0.05) is 0 Å². The summed E-state index contributed by atoms with van der Waals surface area (Å²) in [5.74, 6) is 0. The molecule has 0 bridgehead atoms. The number of nitrogen functional groups attached to an aromatic ring is 1. The van der Waals surface area contributed by atoms with Gasteiger partial charge in [0.2, 0.25) is 0 Å². The second-order valence-electron chi connectivity index (χ2n) is 4.35. The van der Waals surface area contributed by atoms with E-state index in [2.05, 4.69) is 30.9 Å². The third-order valence-corrected chi connectivity index (χ3v) is 3.17. The van der Waals surface area contributed by atoms with Crippen molar-refractivity contribution in [3.8, 4) is 0 Å². The van der Waals surface area contributed by atoms with E-state index < -0.39 is 0 Å². The Morgan fingerprint density at radius 2 is 2.31 bits per heavy atom. The predicted molar refractivity (Wildman–Crippen MR) is 67.8 cm³/mol. The van der Waals surface area contributed by atoms with E-state index in [1.54, 1.807) is 0 Å². The first-order valence-corrected chi connectivity index (χ1v) is 5.93. The molecule has 1 aromatic rings. The van der Waals surface area contributed by atoms with Crippen LogP contribution in [0, 0.1) is 6.92 Å². The lowest BCUT2D eigenvalue weighted by molar-refractivity contribution is 0.0787. The van der Waals surface area contributed by atoms with Crippen molar-refractivity contribution in [2.45, 2.75) is 26.4 Å². The van der Waals surface area contributed by atoms with Crippen molar-refractivity contribution in [2.24, 2.45) is 0 Å². The van der Waals surface area contributed by atoms with Crippen molar-refractivity contribution in [3.05, 3.63) is 23.8 Å². The van der Waals surface area contributed by atoms with Gasteiger partial charge in [-0.15, -0.1) is 0 Å². The number of ether oxygens (including phenoxy) is 1. The van der Waals surface area contributed by atoms with Crippen LogP contribution in [0.25, 0.3) is 0 Å². The highest BCUT2D eigenvalue weighted by molar-refractivity contribution is 5.58. The molecule has 1 aromatic carbocycles. The summed E-state index contributed by atoms with van der Waals surface area (Å²) in [6, 6.07) is 6.24. The minimum atomic E-state index is 0.392. The molecule has 0 aromatic heterocycles. The van der Waals surface area contributed by atoms with Gasteiger partial charge >= 0.3 is 0 Å². The van der Waals surface area contributed by atoms with Crippen LogP contribution in [0.3, 0.4) is 0 Å². The molecule has 16 heavy (non-hydrogen) atoms. The molecule has 3 heteroatoms. The molecule has 1 unspecified atom stereocenters. The number of hydrogen-bond donors (Lipinski definition) is 1. The molecule has 1 aliphatic heterocycles. The van der Waals surface area contributed by atoms with Gasteiger partial charge in [0.05, 0.1) is 6.10 Å². The SMILES string of the molecule is CCOC1CCN(c2ccc(N)c(C)c2)C1. The summed E-state index contributed by atoms with van der Waals surface area (Å²) < 4.78 is 5.64. The second kappa shape index (κ2) is 4.74. The number of aryl methyl sites for hydroxylation is 1. The third kappa shape index (κ3) is 2.30. The van der Waals surface area contributed by atoms with E-state index in [1.165, 1.54) is 5.69 Å². The van der Waals surface area contributed by atoms with Gasteiger partial charge in [0.1, 0.15) is 0 Å². The van der Waals surface area contributed by atoms with Crippen molar-refractivity contribution in [1.82, 2.24) is 0 Å². The molecule has 88 valence electrons. The maximum atomic E-state index is 5.82. The molecule has 0 radical (unpaired) electrons. The van der Waals surface area contributed by atoms with Crippen molar-refractivity contribution >= 4 is 11.4 Å². The van der Waals surface area contributed by atoms with Gasteiger partial charge in [0.15, 0.2) is 0 Å². The fraction of sp³-hybridized carbons (Fsp3) is 0.538. The zero-order valence-electron chi connectivity index (χ0n) is 10.1. The highest BCUT2D eigenvalue weighted by Crippen LogP contribution is 2.25. The van der Waals surface area contributed by atoms with E-state index in [-0.39, 0.29) is 0 Å². The Labute approximate surface area is 97.2 Å². The first kappa shape index (κ1) is 11.3. The Bertz CT molecular complexity index is 365. The van der Waals surface area contributed by atoms with Crippen LogP contribution in [-0.4, -0.2) is 25.8 Å². The smallest absolute Gasteiger partial charge is 0.0766 e. The van der Waals surface area contributed by atoms with Crippen molar-refractivity contribution in [3.63, 3.8) is 0 Å². The molecular weight excluding hydrogens is 200 g/mol. The topological polar surface area (TPSA) is 38.5 Å². The van der Waals surface area contributed by atoms with Crippen molar-refractivity contribution in [1.29, 1.82) is 0 Å². The molecule has 1 fully saturated rings. The molecular formula is C13H20N2O. The molecule has 1 saturated heterocycles. The van der Waals surface area contributed by atoms with E-state index in [0.29, 0.717) is 6.10 Å². The van der Waals surface area contributed by atoms with E-state index in [1.807, 2.05) is 6.07 Å². The van der Waals surface area contributed by atoms with E-state index in [0.717, 1.165) is 37.4 Å². The first-order valence-electron chi connectivity index (χ1n) is 5.93. The lowest BCUT2D eigenvalue weighted by Crippen LogP contribution is -2.22. The average molecular weight is 220 g/mol. The molecule has 0 aliphatic carbocycles. The van der Waals surface area contributed by atoms with Crippen LogP contribution in [0.5, 0.6) is 0 Å². The zero-order chi connectivity index (χ0) is 11.5. The molecule has 2 N–H and O–H groups in total. The lowest BCUT2D eigenvalue weighted by Gasteiger charge is -2.19. The molecule has 0 amide bonds. The summed E-state index contributed by atoms with van der Waals surface area (Å²) in [4.78, 5) is 2.37. The molecule has 0 spiro atoms. The Balaban J connectivity index is 2.05. The summed E-state index contributed by atoms with van der Waals surface area (Å²) in [7, 11) is 0. The summed E-state index contributed by atoms with van der Waals surface area (Å²) >= 11 is 0. The fourth-order valence-corrected chi connectivity index (χ4v) is 2.19. The summed E-state index contributed by atoms with van der Waals surface area (Å²) in [5, 5.41) is 0. The highest BCUT2D eigenvalue weighted by atomic mass is 16.5. The van der Waals surface area contributed by atoms with E-state index in [9.17, 15) is 0 Å². The molecule has 1 aliphatic rings. The number of benzene rings is 1. The Kier molecular flexibility index (Phi) is 3.34. The second-order valence-corrected chi connectivity index (χ2v) is 4.35. The Morgan fingerprint density at radius 1 is 1.50 bits per heavy atom. The monoisotopic (exact) mass is 220 g/mol. The normalized spacial score (nSPS) is 20.4. The van der Waals surface area contributed by atoms with Crippen LogP contribution < -0.4 is 10.6 Å². The summed E-state index contributed by atoms with van der Waals surface area (Å²) in [5.41, 5.74) is 9.09. The largest absolute Gasteiger partial charge is 0.399 e. The maximum Gasteiger partial charge on any atom is 0.0766 e. The van der Waals surface area contributed by atoms with Gasteiger partial charge in [-0.25, -0.2) is 0 Å². The van der Waals surface area contributed by atoms with Gasteiger partial charge in [0, 0.05) is 31.1 Å². The lowest BCUT2D eigenvalue weighted by atomic mass is 10.2. The number of nitrogens with two attached hydrogens (primary N) is 1. The van der Waals surface area contributed by atoms with Crippen LogP contribution in [0.1, 0.15) is 18.9 Å². The third-order valence-electron chi connectivity index (χ3n) is 3.17. The predicted octanol–water partition coefficient (Wildman–Crippen LogP) is 2.19. The number of hydrogen-bond acceptors (Lipinski definition) is 3. The fourth-order valence-electron chi connectivity index (χ4n) is 2.19. The highest BCUT2D eigenvalue weighted by Gasteiger charge is 2.22. The molecule has 3 nitrogen and oxygen atoms in total. The molecule has 0 saturated carbocycles. The summed E-state index contributed by atoms with van der Waals surface area (Å²) in [6.45, 7) is 6.98. The quantitative estimate of drug-likeness (QED) is 0.794. The van der Waals surface area contributed by atoms with Crippen LogP contribution >= 0.6 is 0 Å². The number of nitrogens with zero attached hydrogens (tertiary/aromatic N) is 1. The first-order chi connectivity index (χ1) is 7.70. The van der Waals surface area contributed by atoms with Crippen molar-refractivity contribution < 1.29 is 4.74 Å². The van der Waals surface area contributed by atoms with Crippen LogP contribution in [-0.2, 0) is 4.74 Å². The van der Waals surface area contributed by atoms with Crippen molar-refractivity contribution in [2.75, 3.05) is 30.3 Å². The van der Waals surface area contributed by atoms with Crippen LogP contribution in [0.4, 0.5) is 11.4 Å². The van der Waals surface area contributed by atoms with E-state index in [4.69, 9.17) is 10.5 Å². The van der Waals surface area contributed by atoms with Gasteiger partial charge in [0.25, 0.3) is 0 Å². The number of rotatable bonds is 3. The van der Waals surface area contributed by atoms with E-state index >= 15 is 0 Å². The standard InChI is InChI=1S/C13H20N2O/c1-3-16-12-6-7-15(9-12)11-4-5-13(14)10(2)8-11/h4-5,8,12H,3,6-7,9,14H2,1-2H3. The maximum absolute atomic E-state index is 5.82. The number of anilines is 2. The van der Waals surface area contributed by atoms with Crippen LogP contribution in [0.15, 0.2) is 18.2 Å².